The zero-order valence-electron chi connectivity index (χ0n) is 10.7. The predicted molar refractivity (Wildman–Crippen MR) is 70.2 cm³/mol. The van der Waals surface area contributed by atoms with Crippen molar-refractivity contribution in [1.29, 1.82) is 0 Å². The van der Waals surface area contributed by atoms with E-state index in [0.717, 1.165) is 13.0 Å². The Kier molecular flexibility index (Phi) is 4.76. The highest BCUT2D eigenvalue weighted by Crippen LogP contribution is 2.17. The van der Waals surface area contributed by atoms with Gasteiger partial charge in [0.05, 0.1) is 0 Å². The third-order valence-electron chi connectivity index (χ3n) is 3.28. The Morgan fingerprint density at radius 1 is 1.42 bits per heavy atom. The Hall–Kier alpha value is -1.59. The van der Waals surface area contributed by atoms with Crippen molar-refractivity contribution in [2.24, 2.45) is 0 Å². The van der Waals surface area contributed by atoms with Crippen LogP contribution in [0.15, 0.2) is 30.3 Å². The lowest BCUT2D eigenvalue weighted by Crippen LogP contribution is -2.42. The summed E-state index contributed by atoms with van der Waals surface area (Å²) >= 11 is 0. The number of aliphatic carboxylic acids is 1. The van der Waals surface area contributed by atoms with E-state index in [2.05, 4.69) is 0 Å². The van der Waals surface area contributed by atoms with E-state index < -0.39 is 18.1 Å². The first-order valence-corrected chi connectivity index (χ1v) is 6.49. The average Bonchev–Trinajstić information content (AvgIpc) is 2.86. The van der Waals surface area contributed by atoms with Gasteiger partial charge in [0.15, 0.2) is 0 Å². The Morgan fingerprint density at radius 2 is 2.16 bits per heavy atom. The lowest BCUT2D eigenvalue weighted by Gasteiger charge is -2.24. The van der Waals surface area contributed by atoms with Gasteiger partial charge in [-0.1, -0.05) is 18.2 Å². The quantitative estimate of drug-likeness (QED) is 0.802. The molecule has 0 unspecified atom stereocenters. The molecule has 19 heavy (non-hydrogen) atoms. The number of β-amino-alcohol motifs (C(OH)–C–C–N with tert-alkyl or cyclic N) is 1. The minimum absolute atomic E-state index is 0.173. The maximum Gasteiger partial charge on any atom is 0.320 e. The first-order valence-electron chi connectivity index (χ1n) is 6.49. The summed E-state index contributed by atoms with van der Waals surface area (Å²) in [5.74, 6) is -0.105. The number of aliphatic hydroxyl groups is 1. The molecule has 5 heteroatoms. The number of rotatable bonds is 6. The number of carboxylic acid groups (broad SMARTS) is 1. The number of nitrogens with zero attached hydrogens (tertiary/aromatic N) is 1. The number of benzene rings is 1. The van der Waals surface area contributed by atoms with E-state index in [1.807, 2.05) is 30.3 Å². The SMILES string of the molecule is O=C(O)[C@@H]1CCCN1C[C@@H](O)COc1ccccc1. The summed E-state index contributed by atoms with van der Waals surface area (Å²) in [6.07, 6.45) is 0.838. The standard InChI is InChI=1S/C14H19NO4/c16-11(10-19-12-5-2-1-3-6-12)9-15-8-4-7-13(15)14(17)18/h1-3,5-6,11,13,16H,4,7-10H2,(H,17,18)/t11-,13+/m1/s1. The van der Waals surface area contributed by atoms with Gasteiger partial charge in [-0.2, -0.15) is 0 Å². The molecule has 2 N–H and O–H groups in total. The van der Waals surface area contributed by atoms with Crippen LogP contribution in [0.25, 0.3) is 0 Å². The van der Waals surface area contributed by atoms with Crippen molar-refractivity contribution in [2.45, 2.75) is 25.0 Å². The Bertz CT molecular complexity index is 409. The van der Waals surface area contributed by atoms with Crippen LogP contribution in [0.5, 0.6) is 5.75 Å². The second-order valence-corrected chi connectivity index (χ2v) is 4.77. The number of aliphatic hydroxyl groups excluding tert-OH is 1. The van der Waals surface area contributed by atoms with Crippen molar-refractivity contribution < 1.29 is 19.7 Å². The van der Waals surface area contributed by atoms with Crippen LogP contribution in [0.1, 0.15) is 12.8 Å². The molecule has 1 aliphatic heterocycles. The molecule has 1 aromatic carbocycles. The van der Waals surface area contributed by atoms with Crippen LogP contribution in [0.2, 0.25) is 0 Å². The number of likely N-dealkylation sites (tertiary alicyclic amines) is 1. The molecule has 0 amide bonds. The maximum atomic E-state index is 11.0. The molecule has 1 saturated heterocycles. The average molecular weight is 265 g/mol. The van der Waals surface area contributed by atoms with Crippen molar-refractivity contribution in [1.82, 2.24) is 4.90 Å². The van der Waals surface area contributed by atoms with Crippen molar-refractivity contribution in [3.05, 3.63) is 30.3 Å². The Labute approximate surface area is 112 Å². The van der Waals surface area contributed by atoms with E-state index in [1.54, 1.807) is 4.90 Å². The van der Waals surface area contributed by atoms with Crippen LogP contribution in [-0.2, 0) is 4.79 Å². The van der Waals surface area contributed by atoms with E-state index >= 15 is 0 Å². The number of hydrogen-bond donors (Lipinski definition) is 2. The Morgan fingerprint density at radius 3 is 2.84 bits per heavy atom. The van der Waals surface area contributed by atoms with E-state index in [1.165, 1.54) is 0 Å². The molecule has 0 spiro atoms. The van der Waals surface area contributed by atoms with Gasteiger partial charge in [0.25, 0.3) is 0 Å². The molecule has 0 aromatic heterocycles. The number of ether oxygens (including phenoxy) is 1. The first-order chi connectivity index (χ1) is 9.16. The van der Waals surface area contributed by atoms with E-state index in [-0.39, 0.29) is 6.61 Å². The molecule has 0 bridgehead atoms. The molecule has 2 rings (SSSR count). The van der Waals surface area contributed by atoms with Gasteiger partial charge < -0.3 is 14.9 Å². The van der Waals surface area contributed by atoms with Crippen molar-refractivity contribution in [2.75, 3.05) is 19.7 Å². The molecule has 5 nitrogen and oxygen atoms in total. The fraction of sp³-hybridized carbons (Fsp3) is 0.500. The van der Waals surface area contributed by atoms with Gasteiger partial charge >= 0.3 is 5.97 Å². The zero-order chi connectivity index (χ0) is 13.7. The smallest absolute Gasteiger partial charge is 0.320 e. The van der Waals surface area contributed by atoms with E-state index in [9.17, 15) is 9.90 Å². The lowest BCUT2D eigenvalue weighted by atomic mass is 10.2. The maximum absolute atomic E-state index is 11.0. The highest BCUT2D eigenvalue weighted by atomic mass is 16.5. The fourth-order valence-electron chi connectivity index (χ4n) is 2.36. The summed E-state index contributed by atoms with van der Waals surface area (Å²) in [7, 11) is 0. The molecule has 1 heterocycles. The highest BCUT2D eigenvalue weighted by Gasteiger charge is 2.31. The first kappa shape index (κ1) is 13.8. The van der Waals surface area contributed by atoms with Gasteiger partial charge in [-0.05, 0) is 31.5 Å². The third-order valence-corrected chi connectivity index (χ3v) is 3.28. The highest BCUT2D eigenvalue weighted by molar-refractivity contribution is 5.73. The Balaban J connectivity index is 1.78. The molecule has 104 valence electrons. The van der Waals surface area contributed by atoms with E-state index in [0.29, 0.717) is 18.7 Å². The molecule has 0 saturated carbocycles. The molecule has 1 aromatic rings. The molecular formula is C14H19NO4. The van der Waals surface area contributed by atoms with Gasteiger partial charge in [-0.15, -0.1) is 0 Å². The van der Waals surface area contributed by atoms with Crippen LogP contribution >= 0.6 is 0 Å². The lowest BCUT2D eigenvalue weighted by molar-refractivity contribution is -0.142. The van der Waals surface area contributed by atoms with Gasteiger partial charge in [0.2, 0.25) is 0 Å². The van der Waals surface area contributed by atoms with Gasteiger partial charge in [-0.25, -0.2) is 0 Å². The molecule has 1 fully saturated rings. The molecule has 0 radical (unpaired) electrons. The number of carboxylic acids is 1. The van der Waals surface area contributed by atoms with Crippen LogP contribution in [0.4, 0.5) is 0 Å². The molecule has 2 atom stereocenters. The fourth-order valence-corrected chi connectivity index (χ4v) is 2.36. The molecule has 1 aliphatic rings. The van der Waals surface area contributed by atoms with Gasteiger partial charge in [-0.3, -0.25) is 9.69 Å². The normalized spacial score (nSPS) is 21.2. The summed E-state index contributed by atoms with van der Waals surface area (Å²) in [6, 6.07) is 8.80. The monoisotopic (exact) mass is 265 g/mol. The van der Waals surface area contributed by atoms with Crippen molar-refractivity contribution in [3.8, 4) is 5.75 Å². The number of carbonyl (C=O) groups is 1. The topological polar surface area (TPSA) is 70.0 Å². The van der Waals surface area contributed by atoms with Crippen LogP contribution in [0, 0.1) is 0 Å². The minimum atomic E-state index is -0.811. The summed E-state index contributed by atoms with van der Waals surface area (Å²) in [5, 5.41) is 19.0. The van der Waals surface area contributed by atoms with E-state index in [4.69, 9.17) is 9.84 Å². The minimum Gasteiger partial charge on any atom is -0.491 e. The predicted octanol–water partition coefficient (Wildman–Crippen LogP) is 0.975. The van der Waals surface area contributed by atoms with Gasteiger partial charge in [0.1, 0.15) is 24.5 Å². The zero-order valence-corrected chi connectivity index (χ0v) is 10.7. The second kappa shape index (κ2) is 6.54. The van der Waals surface area contributed by atoms with Crippen LogP contribution in [-0.4, -0.2) is 52.9 Å². The van der Waals surface area contributed by atoms with Gasteiger partial charge in [0, 0.05) is 6.54 Å². The summed E-state index contributed by atoms with van der Waals surface area (Å²) in [6.45, 7) is 1.23. The summed E-state index contributed by atoms with van der Waals surface area (Å²) in [4.78, 5) is 12.8. The van der Waals surface area contributed by atoms with Crippen LogP contribution < -0.4 is 4.74 Å². The number of para-hydroxylation sites is 1. The van der Waals surface area contributed by atoms with Crippen LogP contribution in [0.3, 0.4) is 0 Å². The third kappa shape index (κ3) is 3.94. The molecular weight excluding hydrogens is 246 g/mol. The second-order valence-electron chi connectivity index (χ2n) is 4.77. The molecule has 0 aliphatic carbocycles. The largest absolute Gasteiger partial charge is 0.491 e. The van der Waals surface area contributed by atoms with Crippen molar-refractivity contribution in [3.63, 3.8) is 0 Å². The van der Waals surface area contributed by atoms with Crippen molar-refractivity contribution >= 4 is 5.97 Å². The summed E-state index contributed by atoms with van der Waals surface area (Å²) < 4.78 is 5.45. The summed E-state index contributed by atoms with van der Waals surface area (Å²) in [5.41, 5.74) is 0. The number of hydrogen-bond acceptors (Lipinski definition) is 4.